The molecule has 1 aromatic carbocycles. The minimum Gasteiger partial charge on any atom is -0.342 e. The van der Waals surface area contributed by atoms with Gasteiger partial charge in [0, 0.05) is 48.6 Å². The highest BCUT2D eigenvalue weighted by molar-refractivity contribution is 6.31. The van der Waals surface area contributed by atoms with Crippen LogP contribution in [0.1, 0.15) is 26.4 Å². The molecule has 0 bridgehead atoms. The first-order valence-electron chi connectivity index (χ1n) is 8.50. The maximum Gasteiger partial charge on any atom is 0.274 e. The molecule has 140 valence electrons. The van der Waals surface area contributed by atoms with Gasteiger partial charge in [0.2, 0.25) is 6.41 Å². The number of anilines is 1. The maximum absolute atomic E-state index is 12.7. The van der Waals surface area contributed by atoms with Crippen molar-refractivity contribution in [1.82, 2.24) is 14.8 Å². The third kappa shape index (κ3) is 4.43. The lowest BCUT2D eigenvalue weighted by Crippen LogP contribution is -2.48. The van der Waals surface area contributed by atoms with Crippen molar-refractivity contribution in [1.29, 1.82) is 0 Å². The highest BCUT2D eigenvalue weighted by Gasteiger charge is 2.22. The Bertz CT molecular complexity index is 879. The van der Waals surface area contributed by atoms with Gasteiger partial charge in [-0.05, 0) is 36.8 Å². The number of hydrogen-bond donors (Lipinski definition) is 1. The molecule has 1 aliphatic rings. The quantitative estimate of drug-likeness (QED) is 0.817. The van der Waals surface area contributed by atoms with Gasteiger partial charge in [-0.3, -0.25) is 19.4 Å². The molecule has 0 aliphatic carbocycles. The van der Waals surface area contributed by atoms with Crippen LogP contribution in [-0.4, -0.2) is 59.2 Å². The summed E-state index contributed by atoms with van der Waals surface area (Å²) in [6.45, 7) is 3.80. The molecule has 27 heavy (non-hydrogen) atoms. The maximum atomic E-state index is 12.7. The summed E-state index contributed by atoms with van der Waals surface area (Å²) in [5.74, 6) is -0.606. The molecular weight excluding hydrogens is 368 g/mol. The van der Waals surface area contributed by atoms with Gasteiger partial charge < -0.3 is 15.1 Å². The molecule has 1 aromatic heterocycles. The van der Waals surface area contributed by atoms with Crippen LogP contribution < -0.4 is 5.32 Å². The Kier molecular flexibility index (Phi) is 5.71. The number of hydrogen-bond acceptors (Lipinski definition) is 4. The normalized spacial score (nSPS) is 14.0. The molecule has 1 aliphatic heterocycles. The number of piperazine rings is 1. The van der Waals surface area contributed by atoms with Crippen LogP contribution in [-0.2, 0) is 4.79 Å². The predicted octanol–water partition coefficient (Wildman–Crippen LogP) is 2.21. The van der Waals surface area contributed by atoms with E-state index >= 15 is 0 Å². The second-order valence-electron chi connectivity index (χ2n) is 6.28. The molecule has 1 N–H and O–H groups in total. The second-order valence-corrected chi connectivity index (χ2v) is 6.69. The molecule has 7 nitrogen and oxygen atoms in total. The minimum absolute atomic E-state index is 0.143. The molecular formula is C19H19ClN4O3. The number of pyridine rings is 1. The van der Waals surface area contributed by atoms with Gasteiger partial charge in [0.05, 0.1) is 0 Å². The second kappa shape index (κ2) is 8.18. The highest BCUT2D eigenvalue weighted by atomic mass is 35.5. The molecule has 0 radical (unpaired) electrons. The molecule has 3 amide bonds. The Balaban J connectivity index is 1.71. The zero-order valence-corrected chi connectivity index (χ0v) is 15.6. The molecule has 0 saturated carbocycles. The third-order valence-electron chi connectivity index (χ3n) is 4.42. The monoisotopic (exact) mass is 386 g/mol. The van der Waals surface area contributed by atoms with E-state index in [1.165, 1.54) is 12.3 Å². The van der Waals surface area contributed by atoms with Crippen LogP contribution in [0.5, 0.6) is 0 Å². The average Bonchev–Trinajstić information content (AvgIpc) is 2.70. The fourth-order valence-corrected chi connectivity index (χ4v) is 2.95. The summed E-state index contributed by atoms with van der Waals surface area (Å²) in [6, 6.07) is 8.27. The van der Waals surface area contributed by atoms with Gasteiger partial charge in [-0.1, -0.05) is 17.7 Å². The van der Waals surface area contributed by atoms with Crippen LogP contribution in [0.25, 0.3) is 0 Å². The van der Waals surface area contributed by atoms with Crippen molar-refractivity contribution in [2.45, 2.75) is 6.92 Å². The molecule has 3 rings (SSSR count). The number of amides is 3. The van der Waals surface area contributed by atoms with Crippen molar-refractivity contribution >= 4 is 35.5 Å². The highest BCUT2D eigenvalue weighted by Crippen LogP contribution is 2.20. The number of halogens is 1. The number of aromatic nitrogens is 1. The van der Waals surface area contributed by atoms with Crippen LogP contribution in [0.3, 0.4) is 0 Å². The van der Waals surface area contributed by atoms with E-state index in [4.69, 9.17) is 11.6 Å². The first-order valence-corrected chi connectivity index (χ1v) is 8.88. The van der Waals surface area contributed by atoms with Crippen LogP contribution in [0, 0.1) is 6.92 Å². The largest absolute Gasteiger partial charge is 0.342 e. The Morgan fingerprint density at radius 2 is 1.89 bits per heavy atom. The summed E-state index contributed by atoms with van der Waals surface area (Å²) in [6.07, 6.45) is 2.22. The van der Waals surface area contributed by atoms with Gasteiger partial charge >= 0.3 is 0 Å². The van der Waals surface area contributed by atoms with E-state index < -0.39 is 5.91 Å². The van der Waals surface area contributed by atoms with Gasteiger partial charge in [0.1, 0.15) is 5.69 Å². The minimum atomic E-state index is -0.421. The average molecular weight is 387 g/mol. The summed E-state index contributed by atoms with van der Waals surface area (Å²) >= 11 is 6.07. The number of carbonyl (C=O) groups excluding carboxylic acids is 3. The standard InChI is InChI=1S/C19H19ClN4O3/c1-13-2-3-15(11-16(13)20)22-18(26)17-10-14(4-5-21-17)19(27)24-8-6-23(12-25)7-9-24/h2-5,10-12H,6-9H2,1H3,(H,22,26). The number of nitrogens with one attached hydrogen (secondary N) is 1. The Labute approximate surface area is 161 Å². The number of rotatable bonds is 4. The van der Waals surface area contributed by atoms with Crippen molar-refractivity contribution in [3.05, 3.63) is 58.4 Å². The summed E-state index contributed by atoms with van der Waals surface area (Å²) in [7, 11) is 0. The SMILES string of the molecule is Cc1ccc(NC(=O)c2cc(C(=O)N3CCN(C=O)CC3)ccn2)cc1Cl. The Hall–Kier alpha value is -2.93. The first-order chi connectivity index (χ1) is 13.0. The predicted molar refractivity (Wildman–Crippen MR) is 102 cm³/mol. The molecule has 2 aromatic rings. The van der Waals surface area contributed by atoms with Crippen molar-refractivity contribution in [2.24, 2.45) is 0 Å². The summed E-state index contributed by atoms with van der Waals surface area (Å²) in [4.78, 5) is 43.2. The smallest absolute Gasteiger partial charge is 0.274 e. The Morgan fingerprint density at radius 3 is 2.56 bits per heavy atom. The van der Waals surface area contributed by atoms with Gasteiger partial charge in [0.15, 0.2) is 0 Å². The summed E-state index contributed by atoms with van der Waals surface area (Å²) in [5, 5.41) is 3.28. The zero-order chi connectivity index (χ0) is 19.4. The van der Waals surface area contributed by atoms with Crippen LogP contribution in [0.15, 0.2) is 36.5 Å². The number of nitrogens with zero attached hydrogens (tertiary/aromatic N) is 3. The molecule has 1 fully saturated rings. The number of aryl methyl sites for hydroxylation is 1. The number of carbonyl (C=O) groups is 3. The van der Waals surface area contributed by atoms with E-state index in [1.807, 2.05) is 13.0 Å². The summed E-state index contributed by atoms with van der Waals surface area (Å²) in [5.41, 5.74) is 2.00. The van der Waals surface area contributed by atoms with Crippen molar-refractivity contribution in [3.63, 3.8) is 0 Å². The lowest BCUT2D eigenvalue weighted by atomic mass is 10.1. The third-order valence-corrected chi connectivity index (χ3v) is 4.83. The molecule has 0 atom stereocenters. The fraction of sp³-hybridized carbons (Fsp3) is 0.263. The van der Waals surface area contributed by atoms with E-state index in [0.29, 0.717) is 42.5 Å². The van der Waals surface area contributed by atoms with E-state index in [0.717, 1.165) is 12.0 Å². The molecule has 1 saturated heterocycles. The van der Waals surface area contributed by atoms with Crippen molar-refractivity contribution in [3.8, 4) is 0 Å². The van der Waals surface area contributed by atoms with E-state index in [-0.39, 0.29) is 11.6 Å². The van der Waals surface area contributed by atoms with Crippen LogP contribution in [0.4, 0.5) is 5.69 Å². The van der Waals surface area contributed by atoms with Crippen LogP contribution in [0.2, 0.25) is 5.02 Å². The van der Waals surface area contributed by atoms with E-state index in [2.05, 4.69) is 10.3 Å². The molecule has 8 heteroatoms. The molecule has 2 heterocycles. The zero-order valence-electron chi connectivity index (χ0n) is 14.8. The number of benzene rings is 1. The Morgan fingerprint density at radius 1 is 1.15 bits per heavy atom. The van der Waals surface area contributed by atoms with Gasteiger partial charge in [-0.2, -0.15) is 0 Å². The van der Waals surface area contributed by atoms with E-state index in [9.17, 15) is 14.4 Å². The van der Waals surface area contributed by atoms with Crippen molar-refractivity contribution in [2.75, 3.05) is 31.5 Å². The lowest BCUT2D eigenvalue weighted by Gasteiger charge is -2.32. The summed E-state index contributed by atoms with van der Waals surface area (Å²) < 4.78 is 0. The molecule has 0 spiro atoms. The van der Waals surface area contributed by atoms with E-state index in [1.54, 1.807) is 28.0 Å². The van der Waals surface area contributed by atoms with Gasteiger partial charge in [-0.15, -0.1) is 0 Å². The lowest BCUT2D eigenvalue weighted by molar-refractivity contribution is -0.119. The topological polar surface area (TPSA) is 82.6 Å². The molecule has 0 unspecified atom stereocenters. The van der Waals surface area contributed by atoms with Gasteiger partial charge in [0.25, 0.3) is 11.8 Å². The van der Waals surface area contributed by atoms with Crippen molar-refractivity contribution < 1.29 is 14.4 Å². The van der Waals surface area contributed by atoms with Crippen LogP contribution >= 0.6 is 11.6 Å². The van der Waals surface area contributed by atoms with Gasteiger partial charge in [-0.25, -0.2) is 0 Å². The fourth-order valence-electron chi connectivity index (χ4n) is 2.77. The first kappa shape index (κ1) is 18.8.